The van der Waals surface area contributed by atoms with Gasteiger partial charge in [0.1, 0.15) is 0 Å². The molecule has 0 aliphatic heterocycles. The van der Waals surface area contributed by atoms with Crippen molar-refractivity contribution in [2.75, 3.05) is 19.0 Å². The van der Waals surface area contributed by atoms with E-state index in [4.69, 9.17) is 4.42 Å². The Labute approximate surface area is 122 Å². The number of benzene rings is 1. The van der Waals surface area contributed by atoms with Gasteiger partial charge < -0.3 is 9.32 Å². The molecule has 0 bridgehead atoms. The van der Waals surface area contributed by atoms with E-state index >= 15 is 0 Å². The topological polar surface area (TPSA) is 74.6 Å². The lowest BCUT2D eigenvalue weighted by Crippen LogP contribution is -2.41. The van der Waals surface area contributed by atoms with Crippen LogP contribution in [-0.4, -0.2) is 25.9 Å². The van der Waals surface area contributed by atoms with Crippen LogP contribution in [-0.2, 0) is 0 Å². The van der Waals surface area contributed by atoms with E-state index in [1.54, 1.807) is 31.2 Å². The summed E-state index contributed by atoms with van der Waals surface area (Å²) in [5.41, 5.74) is 6.75. The number of nitrogens with one attached hydrogen (secondary N) is 2. The van der Waals surface area contributed by atoms with Crippen molar-refractivity contribution in [1.29, 1.82) is 0 Å². The highest BCUT2D eigenvalue weighted by molar-refractivity contribution is 5.98. The average molecular weight is 287 g/mol. The van der Waals surface area contributed by atoms with Crippen LogP contribution in [0, 0.1) is 6.92 Å². The molecule has 0 aliphatic rings. The van der Waals surface area contributed by atoms with Crippen LogP contribution in [0.25, 0.3) is 0 Å². The van der Waals surface area contributed by atoms with Crippen LogP contribution in [0.2, 0.25) is 0 Å². The highest BCUT2D eigenvalue weighted by Gasteiger charge is 2.14. The molecule has 6 nitrogen and oxygen atoms in total. The number of aryl methyl sites for hydroxylation is 1. The predicted octanol–water partition coefficient (Wildman–Crippen LogP) is 1.73. The van der Waals surface area contributed by atoms with E-state index in [0.717, 1.165) is 5.69 Å². The second-order valence-electron chi connectivity index (χ2n) is 4.79. The van der Waals surface area contributed by atoms with Crippen molar-refractivity contribution in [3.63, 3.8) is 0 Å². The molecular weight excluding hydrogens is 270 g/mol. The lowest BCUT2D eigenvalue weighted by Gasteiger charge is -2.13. The Bertz CT molecular complexity index is 662. The van der Waals surface area contributed by atoms with E-state index in [1.807, 2.05) is 25.1 Å². The molecule has 1 aromatic heterocycles. The Balaban J connectivity index is 2.00. The zero-order valence-corrected chi connectivity index (χ0v) is 12.1. The van der Waals surface area contributed by atoms with E-state index in [2.05, 4.69) is 10.9 Å². The summed E-state index contributed by atoms with van der Waals surface area (Å²) in [6, 6.07) is 8.76. The van der Waals surface area contributed by atoms with Crippen molar-refractivity contribution in [2.45, 2.75) is 6.92 Å². The maximum Gasteiger partial charge on any atom is 0.305 e. The van der Waals surface area contributed by atoms with Crippen molar-refractivity contribution in [1.82, 2.24) is 10.9 Å². The van der Waals surface area contributed by atoms with E-state index < -0.39 is 11.8 Å². The number of anilines is 1. The number of nitrogens with zero attached hydrogens (tertiary/aromatic N) is 1. The fraction of sp³-hybridized carbons (Fsp3) is 0.200. The number of carbonyl (C=O) groups excluding carboxylic acids is 2. The van der Waals surface area contributed by atoms with Gasteiger partial charge in [0.2, 0.25) is 0 Å². The molecule has 0 saturated carbocycles. The number of hydrazine groups is 1. The van der Waals surface area contributed by atoms with Crippen LogP contribution in [0.1, 0.15) is 26.5 Å². The molecule has 6 heteroatoms. The van der Waals surface area contributed by atoms with Gasteiger partial charge in [-0.25, -0.2) is 0 Å². The van der Waals surface area contributed by atoms with Gasteiger partial charge in [-0.2, -0.15) is 0 Å². The van der Waals surface area contributed by atoms with Crippen molar-refractivity contribution >= 4 is 17.5 Å². The van der Waals surface area contributed by atoms with Gasteiger partial charge in [0.15, 0.2) is 5.76 Å². The fourth-order valence-electron chi connectivity index (χ4n) is 1.77. The number of hydrogen-bond donors (Lipinski definition) is 2. The molecule has 21 heavy (non-hydrogen) atoms. The number of furan rings is 1. The number of amides is 2. The lowest BCUT2D eigenvalue weighted by molar-refractivity contribution is 0.0830. The van der Waals surface area contributed by atoms with Gasteiger partial charge in [0.25, 0.3) is 5.91 Å². The first kappa shape index (κ1) is 14.6. The summed E-state index contributed by atoms with van der Waals surface area (Å²) in [5, 5.41) is 0. The van der Waals surface area contributed by atoms with Crippen LogP contribution < -0.4 is 15.8 Å². The minimum atomic E-state index is -0.491. The Hall–Kier alpha value is -2.76. The molecule has 0 spiro atoms. The SMILES string of the molecule is Cc1ccoc1C(=O)NNC(=O)c1cccc(N(C)C)c1. The Morgan fingerprint density at radius 3 is 2.43 bits per heavy atom. The van der Waals surface area contributed by atoms with Crippen LogP contribution in [0.5, 0.6) is 0 Å². The van der Waals surface area contributed by atoms with Gasteiger partial charge in [0.05, 0.1) is 6.26 Å². The van der Waals surface area contributed by atoms with E-state index in [0.29, 0.717) is 11.1 Å². The third kappa shape index (κ3) is 3.42. The number of carbonyl (C=O) groups is 2. The first-order valence-electron chi connectivity index (χ1n) is 6.41. The maximum atomic E-state index is 12.0. The second kappa shape index (κ2) is 6.13. The summed E-state index contributed by atoms with van der Waals surface area (Å²) in [4.78, 5) is 25.7. The molecule has 1 aromatic carbocycles. The van der Waals surface area contributed by atoms with Crippen molar-refractivity contribution in [2.24, 2.45) is 0 Å². The predicted molar refractivity (Wildman–Crippen MR) is 79.1 cm³/mol. The second-order valence-corrected chi connectivity index (χ2v) is 4.79. The molecular formula is C15H17N3O3. The third-order valence-electron chi connectivity index (χ3n) is 2.98. The minimum absolute atomic E-state index is 0.178. The highest BCUT2D eigenvalue weighted by Crippen LogP contribution is 2.13. The monoisotopic (exact) mass is 287 g/mol. The van der Waals surface area contributed by atoms with Crippen LogP contribution in [0.3, 0.4) is 0 Å². The Kier molecular flexibility index (Phi) is 4.27. The smallest absolute Gasteiger partial charge is 0.305 e. The highest BCUT2D eigenvalue weighted by atomic mass is 16.3. The number of hydrogen-bond acceptors (Lipinski definition) is 4. The Morgan fingerprint density at radius 1 is 1.10 bits per heavy atom. The molecule has 0 radical (unpaired) electrons. The van der Waals surface area contributed by atoms with Gasteiger partial charge in [-0.05, 0) is 31.2 Å². The molecule has 2 amide bonds. The first-order chi connectivity index (χ1) is 9.99. The van der Waals surface area contributed by atoms with Crippen LogP contribution >= 0.6 is 0 Å². The summed E-state index contributed by atoms with van der Waals surface area (Å²) in [6.07, 6.45) is 1.42. The first-order valence-corrected chi connectivity index (χ1v) is 6.41. The summed E-state index contributed by atoms with van der Waals surface area (Å²) < 4.78 is 5.04. The van der Waals surface area contributed by atoms with E-state index in [9.17, 15) is 9.59 Å². The standard InChI is InChI=1S/C15H17N3O3/c1-10-7-8-21-13(10)15(20)17-16-14(19)11-5-4-6-12(9-11)18(2)3/h4-9H,1-3H3,(H,16,19)(H,17,20). The Morgan fingerprint density at radius 2 is 1.81 bits per heavy atom. The largest absolute Gasteiger partial charge is 0.459 e. The fourth-order valence-corrected chi connectivity index (χ4v) is 1.77. The quantitative estimate of drug-likeness (QED) is 0.843. The molecule has 0 atom stereocenters. The van der Waals surface area contributed by atoms with Crippen molar-refractivity contribution in [3.8, 4) is 0 Å². The van der Waals surface area contributed by atoms with E-state index in [-0.39, 0.29) is 5.76 Å². The lowest BCUT2D eigenvalue weighted by atomic mass is 10.2. The van der Waals surface area contributed by atoms with Crippen LogP contribution in [0.15, 0.2) is 41.0 Å². The molecule has 2 aromatic rings. The molecule has 0 unspecified atom stereocenters. The molecule has 110 valence electrons. The maximum absolute atomic E-state index is 12.0. The van der Waals surface area contributed by atoms with Gasteiger partial charge >= 0.3 is 5.91 Å². The summed E-state index contributed by atoms with van der Waals surface area (Å²) in [6.45, 7) is 1.75. The van der Waals surface area contributed by atoms with Gasteiger partial charge in [0, 0.05) is 30.9 Å². The molecule has 0 saturated heterocycles. The van der Waals surface area contributed by atoms with Crippen molar-refractivity contribution < 1.29 is 14.0 Å². The van der Waals surface area contributed by atoms with Crippen molar-refractivity contribution in [3.05, 3.63) is 53.5 Å². The normalized spacial score (nSPS) is 10.0. The zero-order chi connectivity index (χ0) is 15.4. The average Bonchev–Trinajstić information content (AvgIpc) is 2.90. The third-order valence-corrected chi connectivity index (χ3v) is 2.98. The van der Waals surface area contributed by atoms with Gasteiger partial charge in [-0.1, -0.05) is 6.07 Å². The number of rotatable bonds is 3. The molecule has 1 heterocycles. The summed E-state index contributed by atoms with van der Waals surface area (Å²) in [7, 11) is 3.77. The zero-order valence-electron chi connectivity index (χ0n) is 12.1. The molecule has 2 rings (SSSR count). The summed E-state index contributed by atoms with van der Waals surface area (Å²) >= 11 is 0. The van der Waals surface area contributed by atoms with Gasteiger partial charge in [-0.3, -0.25) is 20.4 Å². The minimum Gasteiger partial charge on any atom is -0.459 e. The van der Waals surface area contributed by atoms with Crippen LogP contribution in [0.4, 0.5) is 5.69 Å². The van der Waals surface area contributed by atoms with E-state index in [1.165, 1.54) is 6.26 Å². The van der Waals surface area contributed by atoms with Gasteiger partial charge in [-0.15, -0.1) is 0 Å². The molecule has 0 aliphatic carbocycles. The summed E-state index contributed by atoms with van der Waals surface area (Å²) in [5.74, 6) is -0.705. The molecule has 2 N–H and O–H groups in total. The molecule has 0 fully saturated rings.